The number of ether oxygens (including phenoxy) is 3. The Bertz CT molecular complexity index is 1220. The number of sulfonamides is 1. The maximum Gasteiger partial charge on any atom is 0.264 e. The van der Waals surface area contributed by atoms with Gasteiger partial charge in [-0.2, -0.15) is 0 Å². The van der Waals surface area contributed by atoms with Gasteiger partial charge >= 0.3 is 0 Å². The summed E-state index contributed by atoms with van der Waals surface area (Å²) in [7, 11) is -1.22. The fraction of sp³-hybridized carbons (Fsp3) is 0.208. The lowest BCUT2D eigenvalue weighted by atomic mass is 10.3. The van der Waals surface area contributed by atoms with Gasteiger partial charge in [0.1, 0.15) is 18.9 Å². The Morgan fingerprint density at radius 3 is 2.26 bits per heavy atom. The van der Waals surface area contributed by atoms with Gasteiger partial charge in [-0.05, 0) is 36.4 Å². The molecule has 0 unspecified atom stereocenters. The fourth-order valence-corrected chi connectivity index (χ4v) is 4.74. The highest BCUT2D eigenvalue weighted by Gasteiger charge is 2.28. The van der Waals surface area contributed by atoms with Gasteiger partial charge in [-0.15, -0.1) is 0 Å². The third-order valence-electron chi connectivity index (χ3n) is 4.79. The second kappa shape index (κ2) is 11.6. The topological polar surface area (TPSA) is 94.2 Å². The molecule has 1 amide bonds. The lowest BCUT2D eigenvalue weighted by Gasteiger charge is -2.24. The summed E-state index contributed by atoms with van der Waals surface area (Å²) in [6.45, 7) is -0.0842. The van der Waals surface area contributed by atoms with Crippen LogP contribution in [0, 0.1) is 0 Å². The van der Waals surface area contributed by atoms with Crippen LogP contribution in [0.15, 0.2) is 77.7 Å². The van der Waals surface area contributed by atoms with Gasteiger partial charge in [0.05, 0.1) is 36.4 Å². The van der Waals surface area contributed by atoms with Crippen LogP contribution in [0.3, 0.4) is 0 Å². The highest BCUT2D eigenvalue weighted by Crippen LogP contribution is 2.32. The van der Waals surface area contributed by atoms with Crippen molar-refractivity contribution in [2.45, 2.75) is 4.90 Å². The van der Waals surface area contributed by atoms with E-state index in [4.69, 9.17) is 25.8 Å². The van der Waals surface area contributed by atoms with Crippen LogP contribution in [-0.2, 0) is 14.8 Å². The zero-order valence-electron chi connectivity index (χ0n) is 18.7. The van der Waals surface area contributed by atoms with Crippen LogP contribution in [0.5, 0.6) is 17.2 Å². The van der Waals surface area contributed by atoms with Crippen molar-refractivity contribution in [1.29, 1.82) is 0 Å². The van der Waals surface area contributed by atoms with Crippen LogP contribution in [0.25, 0.3) is 0 Å². The van der Waals surface area contributed by atoms with E-state index in [0.717, 1.165) is 4.31 Å². The van der Waals surface area contributed by atoms with Crippen molar-refractivity contribution in [3.8, 4) is 17.2 Å². The SMILES string of the molecule is COc1ccc(S(=O)(=O)N(CC(=O)NCCOc2ccccc2Cl)c2ccccc2)cc1OC. The standard InChI is InChI=1S/C24H25ClN2O6S/c1-31-22-13-12-19(16-23(22)32-2)34(29,30)27(18-8-4-3-5-9-18)17-24(28)26-14-15-33-21-11-7-6-10-20(21)25/h3-13,16H,14-15,17H2,1-2H3,(H,26,28). The van der Waals surface area contributed by atoms with E-state index < -0.39 is 22.5 Å². The van der Waals surface area contributed by atoms with Crippen molar-refractivity contribution >= 4 is 33.2 Å². The number of amides is 1. The summed E-state index contributed by atoms with van der Waals surface area (Å²) in [4.78, 5) is 12.6. The van der Waals surface area contributed by atoms with Crippen LogP contribution in [-0.4, -0.2) is 48.2 Å². The Labute approximate surface area is 204 Å². The number of benzene rings is 3. The van der Waals surface area contributed by atoms with E-state index in [1.165, 1.54) is 32.4 Å². The van der Waals surface area contributed by atoms with E-state index in [1.54, 1.807) is 54.6 Å². The smallest absolute Gasteiger partial charge is 0.264 e. The Hall–Kier alpha value is -3.43. The van der Waals surface area contributed by atoms with E-state index in [1.807, 2.05) is 0 Å². The lowest BCUT2D eigenvalue weighted by Crippen LogP contribution is -2.41. The molecule has 3 rings (SSSR count). The Kier molecular flexibility index (Phi) is 8.61. The second-order valence-corrected chi connectivity index (χ2v) is 9.26. The number of hydrogen-bond donors (Lipinski definition) is 1. The lowest BCUT2D eigenvalue weighted by molar-refractivity contribution is -0.119. The third kappa shape index (κ3) is 6.12. The number of para-hydroxylation sites is 2. The predicted molar refractivity (Wildman–Crippen MR) is 130 cm³/mol. The van der Waals surface area contributed by atoms with E-state index in [2.05, 4.69) is 5.32 Å². The zero-order valence-corrected chi connectivity index (χ0v) is 20.3. The molecule has 0 radical (unpaired) electrons. The molecule has 8 nitrogen and oxygen atoms in total. The average Bonchev–Trinajstić information content (AvgIpc) is 2.86. The van der Waals surface area contributed by atoms with Crippen LogP contribution >= 0.6 is 11.6 Å². The minimum absolute atomic E-state index is 0.0381. The summed E-state index contributed by atoms with van der Waals surface area (Å²) in [6.07, 6.45) is 0. The molecule has 34 heavy (non-hydrogen) atoms. The minimum atomic E-state index is -4.10. The largest absolute Gasteiger partial charge is 0.493 e. The molecule has 10 heteroatoms. The van der Waals surface area contributed by atoms with Gasteiger partial charge < -0.3 is 19.5 Å². The first-order valence-electron chi connectivity index (χ1n) is 10.3. The normalized spacial score (nSPS) is 10.9. The first-order chi connectivity index (χ1) is 16.4. The van der Waals surface area contributed by atoms with Gasteiger partial charge in [0, 0.05) is 6.07 Å². The van der Waals surface area contributed by atoms with E-state index in [-0.39, 0.29) is 23.8 Å². The molecule has 0 aliphatic heterocycles. The number of carbonyl (C=O) groups excluding carboxylic acids is 1. The van der Waals surface area contributed by atoms with Crippen molar-refractivity contribution in [2.75, 3.05) is 38.2 Å². The molecule has 0 atom stereocenters. The summed E-state index contributed by atoms with van der Waals surface area (Å²) in [5.41, 5.74) is 0.347. The highest BCUT2D eigenvalue weighted by molar-refractivity contribution is 7.92. The van der Waals surface area contributed by atoms with Gasteiger partial charge in [0.2, 0.25) is 5.91 Å². The van der Waals surface area contributed by atoms with Crippen LogP contribution < -0.4 is 23.8 Å². The number of anilines is 1. The van der Waals surface area contributed by atoms with Gasteiger partial charge in [-0.1, -0.05) is 41.9 Å². The van der Waals surface area contributed by atoms with Gasteiger partial charge in [-0.25, -0.2) is 8.42 Å². The summed E-state index contributed by atoms with van der Waals surface area (Å²) >= 11 is 6.05. The number of nitrogens with one attached hydrogen (secondary N) is 1. The van der Waals surface area contributed by atoms with Crippen LogP contribution in [0.4, 0.5) is 5.69 Å². The number of halogens is 1. The molecule has 3 aromatic carbocycles. The summed E-state index contributed by atoms with van der Waals surface area (Å²) in [5.74, 6) is 0.665. The Morgan fingerprint density at radius 1 is 0.912 bits per heavy atom. The van der Waals surface area contributed by atoms with E-state index in [0.29, 0.717) is 22.2 Å². The Balaban J connectivity index is 1.75. The van der Waals surface area contributed by atoms with Crippen LogP contribution in [0.1, 0.15) is 0 Å². The summed E-state index contributed by atoms with van der Waals surface area (Å²) in [6, 6.07) is 19.6. The van der Waals surface area contributed by atoms with Gasteiger partial charge in [-0.3, -0.25) is 9.10 Å². The maximum absolute atomic E-state index is 13.5. The van der Waals surface area contributed by atoms with E-state index in [9.17, 15) is 13.2 Å². The molecule has 0 bridgehead atoms. The monoisotopic (exact) mass is 504 g/mol. The molecule has 180 valence electrons. The average molecular weight is 505 g/mol. The molecule has 0 saturated carbocycles. The number of rotatable bonds is 11. The number of methoxy groups -OCH3 is 2. The molecule has 0 aromatic heterocycles. The first kappa shape index (κ1) is 25.2. The molecule has 3 aromatic rings. The van der Waals surface area contributed by atoms with Crippen molar-refractivity contribution in [1.82, 2.24) is 5.32 Å². The summed E-state index contributed by atoms with van der Waals surface area (Å²) in [5, 5.41) is 3.14. The predicted octanol–water partition coefficient (Wildman–Crippen LogP) is 3.75. The van der Waals surface area contributed by atoms with Crippen molar-refractivity contribution in [2.24, 2.45) is 0 Å². The second-order valence-electron chi connectivity index (χ2n) is 6.99. The van der Waals surface area contributed by atoms with E-state index >= 15 is 0 Å². The number of carbonyl (C=O) groups is 1. The summed E-state index contributed by atoms with van der Waals surface area (Å²) < 4.78 is 44.0. The molecule has 0 heterocycles. The molecule has 0 fully saturated rings. The van der Waals surface area contributed by atoms with Crippen LogP contribution in [0.2, 0.25) is 5.02 Å². The maximum atomic E-state index is 13.5. The molecular weight excluding hydrogens is 480 g/mol. The Morgan fingerprint density at radius 2 is 1.59 bits per heavy atom. The quantitative estimate of drug-likeness (QED) is 0.400. The number of hydrogen-bond acceptors (Lipinski definition) is 6. The molecule has 0 aliphatic carbocycles. The van der Waals surface area contributed by atoms with Gasteiger partial charge in [0.15, 0.2) is 11.5 Å². The van der Waals surface area contributed by atoms with Crippen molar-refractivity contribution in [3.05, 3.63) is 77.8 Å². The molecule has 0 saturated heterocycles. The molecule has 1 N–H and O–H groups in total. The molecule has 0 aliphatic rings. The molecule has 0 spiro atoms. The first-order valence-corrected chi connectivity index (χ1v) is 12.1. The van der Waals surface area contributed by atoms with Crippen molar-refractivity contribution in [3.63, 3.8) is 0 Å². The zero-order chi connectivity index (χ0) is 24.6. The molecular formula is C24H25ClN2O6S. The van der Waals surface area contributed by atoms with Crippen molar-refractivity contribution < 1.29 is 27.4 Å². The third-order valence-corrected chi connectivity index (χ3v) is 6.87. The fourth-order valence-electron chi connectivity index (χ4n) is 3.11. The number of nitrogens with zero attached hydrogens (tertiary/aromatic N) is 1. The highest BCUT2D eigenvalue weighted by atomic mass is 35.5. The van der Waals surface area contributed by atoms with Gasteiger partial charge in [0.25, 0.3) is 10.0 Å². The minimum Gasteiger partial charge on any atom is -0.493 e.